The van der Waals surface area contributed by atoms with Crippen LogP contribution in [0.2, 0.25) is 0 Å². The summed E-state index contributed by atoms with van der Waals surface area (Å²) < 4.78 is 64.9. The molecular formula is C18H23F2N3O4S. The second kappa shape index (κ2) is 8.24. The Morgan fingerprint density at radius 3 is 2.57 bits per heavy atom. The molecule has 1 fully saturated rings. The Labute approximate surface area is 162 Å². The Bertz CT molecular complexity index is 915. The van der Waals surface area contributed by atoms with Crippen molar-refractivity contribution in [2.24, 2.45) is 0 Å². The molecule has 2 heterocycles. The second-order valence-corrected chi connectivity index (χ2v) is 8.90. The number of benzene rings is 1. The third kappa shape index (κ3) is 4.40. The molecule has 0 amide bonds. The predicted octanol–water partition coefficient (Wildman–Crippen LogP) is 2.14. The third-order valence-corrected chi connectivity index (χ3v) is 5.97. The highest BCUT2D eigenvalue weighted by atomic mass is 32.2. The van der Waals surface area contributed by atoms with Gasteiger partial charge in [0.05, 0.1) is 37.8 Å². The first-order valence-corrected chi connectivity index (χ1v) is 10.7. The van der Waals surface area contributed by atoms with Gasteiger partial charge in [-0.1, -0.05) is 6.92 Å². The van der Waals surface area contributed by atoms with E-state index in [9.17, 15) is 17.2 Å². The maximum absolute atomic E-state index is 14.9. The first-order valence-electron chi connectivity index (χ1n) is 8.89. The maximum atomic E-state index is 14.9. The number of aromatic nitrogens is 1. The SMILES string of the molecule is CCCN(Cc1cc(F)c(C2(NCc3cnco3)COC2)cc1F)S(C)(=O)=O. The van der Waals surface area contributed by atoms with Crippen LogP contribution in [0.1, 0.15) is 30.2 Å². The van der Waals surface area contributed by atoms with Crippen molar-refractivity contribution in [2.45, 2.75) is 32.0 Å². The summed E-state index contributed by atoms with van der Waals surface area (Å²) in [5.41, 5.74) is -0.748. The smallest absolute Gasteiger partial charge is 0.211 e. The molecule has 0 spiro atoms. The van der Waals surface area contributed by atoms with Gasteiger partial charge in [-0.05, 0) is 18.6 Å². The van der Waals surface area contributed by atoms with Crippen molar-refractivity contribution in [3.63, 3.8) is 0 Å². The summed E-state index contributed by atoms with van der Waals surface area (Å²) in [6.45, 7) is 2.48. The number of hydrogen-bond donors (Lipinski definition) is 1. The molecule has 0 saturated carbocycles. The molecule has 7 nitrogen and oxygen atoms in total. The van der Waals surface area contributed by atoms with Crippen LogP contribution in [0.15, 0.2) is 29.1 Å². The third-order valence-electron chi connectivity index (χ3n) is 4.72. The summed E-state index contributed by atoms with van der Waals surface area (Å²) in [6.07, 6.45) is 4.45. The van der Waals surface area contributed by atoms with E-state index >= 15 is 0 Å². The van der Waals surface area contributed by atoms with E-state index in [0.29, 0.717) is 12.2 Å². The van der Waals surface area contributed by atoms with Crippen molar-refractivity contribution in [1.82, 2.24) is 14.6 Å². The van der Waals surface area contributed by atoms with Crippen LogP contribution >= 0.6 is 0 Å². The second-order valence-electron chi connectivity index (χ2n) is 6.92. The van der Waals surface area contributed by atoms with E-state index in [-0.39, 0.29) is 44.0 Å². The average Bonchev–Trinajstić information content (AvgIpc) is 3.10. The van der Waals surface area contributed by atoms with Gasteiger partial charge < -0.3 is 9.15 Å². The minimum absolute atomic E-state index is 0.00856. The summed E-state index contributed by atoms with van der Waals surface area (Å²) >= 11 is 0. The van der Waals surface area contributed by atoms with Crippen LogP contribution in [-0.2, 0) is 33.4 Å². The Hall–Kier alpha value is -1.88. The number of oxazole rings is 1. The number of ether oxygens (including phenoxy) is 1. The Kier molecular flexibility index (Phi) is 6.13. The fourth-order valence-electron chi connectivity index (χ4n) is 3.12. The molecule has 0 atom stereocenters. The van der Waals surface area contributed by atoms with Gasteiger partial charge in [-0.3, -0.25) is 5.32 Å². The van der Waals surface area contributed by atoms with Crippen LogP contribution < -0.4 is 5.32 Å². The van der Waals surface area contributed by atoms with Crippen LogP contribution in [0, 0.1) is 11.6 Å². The molecule has 0 aliphatic carbocycles. The topological polar surface area (TPSA) is 84.7 Å². The quantitative estimate of drug-likeness (QED) is 0.676. The molecular weight excluding hydrogens is 392 g/mol. The van der Waals surface area contributed by atoms with Crippen LogP contribution in [0.3, 0.4) is 0 Å². The van der Waals surface area contributed by atoms with Crippen molar-refractivity contribution in [3.05, 3.63) is 53.2 Å². The molecule has 0 bridgehead atoms. The molecule has 0 unspecified atom stereocenters. The molecule has 3 rings (SSSR count). The van der Waals surface area contributed by atoms with Gasteiger partial charge in [0.1, 0.15) is 17.4 Å². The zero-order chi connectivity index (χ0) is 20.4. The molecule has 2 aromatic rings. The molecule has 1 N–H and O–H groups in total. The number of nitrogens with zero attached hydrogens (tertiary/aromatic N) is 2. The first-order chi connectivity index (χ1) is 13.2. The molecule has 10 heteroatoms. The van der Waals surface area contributed by atoms with Gasteiger partial charge in [-0.25, -0.2) is 22.2 Å². The highest BCUT2D eigenvalue weighted by Gasteiger charge is 2.42. The fraction of sp³-hybridized carbons (Fsp3) is 0.500. The number of sulfonamides is 1. The standard InChI is InChI=1S/C18H23F2N3O4S/c1-3-4-23(28(2,24)25)9-13-5-17(20)15(6-16(13)19)18(10-26-11-18)22-8-14-7-21-12-27-14/h5-7,12,22H,3-4,8-11H2,1-2H3. The minimum Gasteiger partial charge on any atom is -0.447 e. The van der Waals surface area contributed by atoms with E-state index < -0.39 is 27.2 Å². The van der Waals surface area contributed by atoms with E-state index in [2.05, 4.69) is 10.3 Å². The van der Waals surface area contributed by atoms with Crippen molar-refractivity contribution in [1.29, 1.82) is 0 Å². The van der Waals surface area contributed by atoms with Crippen LogP contribution in [0.25, 0.3) is 0 Å². The van der Waals surface area contributed by atoms with Crippen molar-refractivity contribution >= 4 is 10.0 Å². The summed E-state index contributed by atoms with van der Waals surface area (Å²) in [6, 6.07) is 2.18. The predicted molar refractivity (Wildman–Crippen MR) is 97.7 cm³/mol. The van der Waals surface area contributed by atoms with E-state index in [1.165, 1.54) is 12.6 Å². The van der Waals surface area contributed by atoms with Crippen molar-refractivity contribution < 1.29 is 26.4 Å². The zero-order valence-electron chi connectivity index (χ0n) is 15.7. The van der Waals surface area contributed by atoms with Gasteiger partial charge >= 0.3 is 0 Å². The first kappa shape index (κ1) is 20.8. The van der Waals surface area contributed by atoms with E-state index in [0.717, 1.165) is 22.7 Å². The van der Waals surface area contributed by atoms with Gasteiger partial charge in [-0.2, -0.15) is 4.31 Å². The van der Waals surface area contributed by atoms with Gasteiger partial charge in [0, 0.05) is 24.2 Å². The zero-order valence-corrected chi connectivity index (χ0v) is 16.6. The lowest BCUT2D eigenvalue weighted by molar-refractivity contribution is -0.0819. The summed E-state index contributed by atoms with van der Waals surface area (Å²) in [5.74, 6) is -0.712. The monoisotopic (exact) mass is 415 g/mol. The van der Waals surface area contributed by atoms with E-state index in [1.54, 1.807) is 0 Å². The molecule has 1 aliphatic rings. The van der Waals surface area contributed by atoms with Crippen molar-refractivity contribution in [3.8, 4) is 0 Å². The van der Waals surface area contributed by atoms with Crippen LogP contribution in [0.5, 0.6) is 0 Å². The van der Waals surface area contributed by atoms with Crippen LogP contribution in [0.4, 0.5) is 8.78 Å². The van der Waals surface area contributed by atoms with E-state index in [1.807, 2.05) is 6.92 Å². The Morgan fingerprint density at radius 1 is 1.29 bits per heavy atom. The number of hydrogen-bond acceptors (Lipinski definition) is 6. The fourth-order valence-corrected chi connectivity index (χ4v) is 4.01. The molecule has 1 aromatic carbocycles. The van der Waals surface area contributed by atoms with Crippen LogP contribution in [-0.4, -0.2) is 43.7 Å². The normalized spacial score (nSPS) is 16.3. The summed E-state index contributed by atoms with van der Waals surface area (Å²) in [4.78, 5) is 3.82. The minimum atomic E-state index is -3.53. The van der Waals surface area contributed by atoms with Gasteiger partial charge in [0.25, 0.3) is 0 Å². The molecule has 1 aliphatic heterocycles. The maximum Gasteiger partial charge on any atom is 0.211 e. The van der Waals surface area contributed by atoms with Gasteiger partial charge in [0.2, 0.25) is 10.0 Å². The van der Waals surface area contributed by atoms with E-state index in [4.69, 9.17) is 9.15 Å². The molecule has 1 aromatic heterocycles. The number of nitrogens with one attached hydrogen (secondary N) is 1. The molecule has 28 heavy (non-hydrogen) atoms. The largest absolute Gasteiger partial charge is 0.447 e. The number of halogens is 2. The number of rotatable bonds is 9. The summed E-state index contributed by atoms with van der Waals surface area (Å²) in [5, 5.41) is 3.15. The lowest BCUT2D eigenvalue weighted by Crippen LogP contribution is -2.57. The van der Waals surface area contributed by atoms with Gasteiger partial charge in [0.15, 0.2) is 6.39 Å². The molecule has 1 saturated heterocycles. The summed E-state index contributed by atoms with van der Waals surface area (Å²) in [7, 11) is -3.53. The highest BCUT2D eigenvalue weighted by Crippen LogP contribution is 2.33. The Balaban J connectivity index is 1.84. The Morgan fingerprint density at radius 2 is 2.04 bits per heavy atom. The average molecular weight is 415 g/mol. The van der Waals surface area contributed by atoms with Gasteiger partial charge in [-0.15, -0.1) is 0 Å². The highest BCUT2D eigenvalue weighted by molar-refractivity contribution is 7.88. The molecule has 154 valence electrons. The van der Waals surface area contributed by atoms with Crippen molar-refractivity contribution in [2.75, 3.05) is 26.0 Å². The lowest BCUT2D eigenvalue weighted by atomic mass is 9.86. The lowest BCUT2D eigenvalue weighted by Gasteiger charge is -2.42. The molecule has 0 radical (unpaired) electrons.